The van der Waals surface area contributed by atoms with E-state index >= 15 is 0 Å². The molecule has 0 aromatic heterocycles. The lowest BCUT2D eigenvalue weighted by atomic mass is 9.68. The van der Waals surface area contributed by atoms with Gasteiger partial charge in [-0.2, -0.15) is 0 Å². The molecule has 0 saturated carbocycles. The van der Waals surface area contributed by atoms with Crippen molar-refractivity contribution in [2.45, 2.75) is 51.5 Å². The number of carbonyl (C=O) groups excluding carboxylic acids is 2. The number of nitrogens with zero attached hydrogens (tertiary/aromatic N) is 2. The molecule has 0 radical (unpaired) electrons. The molecule has 1 saturated heterocycles. The summed E-state index contributed by atoms with van der Waals surface area (Å²) in [5, 5.41) is 12.2. The van der Waals surface area contributed by atoms with Crippen LogP contribution in [0.3, 0.4) is 0 Å². The maximum atomic E-state index is 13.7. The van der Waals surface area contributed by atoms with E-state index in [9.17, 15) is 27.9 Å². The van der Waals surface area contributed by atoms with Crippen LogP contribution in [0.1, 0.15) is 41.0 Å². The largest absolute Gasteiger partial charge is 0.465 e. The van der Waals surface area contributed by atoms with Crippen molar-refractivity contribution in [3.05, 3.63) is 28.2 Å². The fraction of sp³-hybridized carbons (Fsp3) is 0.609. The van der Waals surface area contributed by atoms with E-state index in [1.165, 1.54) is 23.1 Å². The Bertz CT molecular complexity index is 1100. The molecule has 1 aromatic rings. The molecule has 1 fully saturated rings. The monoisotopic (exact) mass is 564 g/mol. The Morgan fingerprint density at radius 2 is 1.61 bits per heavy atom. The van der Waals surface area contributed by atoms with Gasteiger partial charge >= 0.3 is 6.09 Å². The highest BCUT2D eigenvalue weighted by Crippen LogP contribution is 2.38. The fourth-order valence-corrected chi connectivity index (χ4v) is 6.01. The van der Waals surface area contributed by atoms with E-state index in [4.69, 9.17) is 23.2 Å². The van der Waals surface area contributed by atoms with Gasteiger partial charge in [-0.05, 0) is 36.0 Å². The number of carboxylic acid groups (broad SMARTS) is 1. The second kappa shape index (κ2) is 11.5. The lowest BCUT2D eigenvalue weighted by molar-refractivity contribution is -0.148. The molecular weight excluding hydrogens is 531 g/mol. The van der Waals surface area contributed by atoms with Gasteiger partial charge in [0, 0.05) is 31.2 Å². The van der Waals surface area contributed by atoms with Crippen LogP contribution in [-0.4, -0.2) is 79.5 Å². The first-order valence-electron chi connectivity index (χ1n) is 11.5. The Labute approximate surface area is 222 Å². The van der Waals surface area contributed by atoms with E-state index < -0.39 is 39.5 Å². The molecule has 13 heteroatoms. The SMILES string of the molecule is CC(C)C[C@@](NC(=O)O)(C(=O)N1CCN(C(=O)CNS(=O)(=O)c2ccc(Cl)cc2Cl)CC1)C(C)(C)C. The number of hydrogen-bond donors (Lipinski definition) is 3. The summed E-state index contributed by atoms with van der Waals surface area (Å²) in [6, 6.07) is 3.94. The maximum Gasteiger partial charge on any atom is 0.405 e. The third kappa shape index (κ3) is 7.02. The van der Waals surface area contributed by atoms with Crippen LogP contribution in [0.25, 0.3) is 0 Å². The molecule has 36 heavy (non-hydrogen) atoms. The quantitative estimate of drug-likeness (QED) is 0.444. The summed E-state index contributed by atoms with van der Waals surface area (Å²) in [4.78, 5) is 40.8. The van der Waals surface area contributed by atoms with Gasteiger partial charge < -0.3 is 20.2 Å². The van der Waals surface area contributed by atoms with E-state index in [1.54, 1.807) is 4.90 Å². The Kier molecular flexibility index (Phi) is 9.66. The van der Waals surface area contributed by atoms with Crippen LogP contribution in [0.15, 0.2) is 23.1 Å². The minimum absolute atomic E-state index is 0.0464. The van der Waals surface area contributed by atoms with E-state index in [2.05, 4.69) is 10.0 Å². The van der Waals surface area contributed by atoms with E-state index in [0.717, 1.165) is 0 Å². The van der Waals surface area contributed by atoms with Crippen molar-refractivity contribution in [3.63, 3.8) is 0 Å². The average Bonchev–Trinajstić information content (AvgIpc) is 2.75. The number of sulfonamides is 1. The predicted octanol–water partition coefficient (Wildman–Crippen LogP) is 3.04. The Morgan fingerprint density at radius 3 is 2.08 bits per heavy atom. The minimum atomic E-state index is -4.04. The number of nitrogens with one attached hydrogen (secondary N) is 2. The van der Waals surface area contributed by atoms with E-state index in [-0.39, 0.29) is 52.9 Å². The van der Waals surface area contributed by atoms with Gasteiger partial charge in [0.2, 0.25) is 21.8 Å². The zero-order valence-electron chi connectivity index (χ0n) is 21.1. The average molecular weight is 566 g/mol. The molecule has 1 aliphatic rings. The summed E-state index contributed by atoms with van der Waals surface area (Å²) in [6.07, 6.45) is -0.962. The van der Waals surface area contributed by atoms with Crippen molar-refractivity contribution in [3.8, 4) is 0 Å². The fourth-order valence-electron chi connectivity index (χ4n) is 4.27. The van der Waals surface area contributed by atoms with Gasteiger partial charge in [-0.3, -0.25) is 9.59 Å². The number of benzene rings is 1. The van der Waals surface area contributed by atoms with Crippen molar-refractivity contribution < 1.29 is 27.9 Å². The van der Waals surface area contributed by atoms with Crippen LogP contribution in [0.2, 0.25) is 10.0 Å². The number of piperazine rings is 1. The lowest BCUT2D eigenvalue weighted by Gasteiger charge is -2.48. The zero-order valence-corrected chi connectivity index (χ0v) is 23.4. The summed E-state index contributed by atoms with van der Waals surface area (Å²) in [6.45, 7) is 9.58. The molecule has 0 unspecified atom stereocenters. The van der Waals surface area contributed by atoms with Crippen LogP contribution in [0, 0.1) is 11.3 Å². The van der Waals surface area contributed by atoms with Crippen LogP contribution in [0.5, 0.6) is 0 Å². The molecule has 1 aliphatic heterocycles. The van der Waals surface area contributed by atoms with Crippen LogP contribution in [-0.2, 0) is 19.6 Å². The zero-order chi connectivity index (χ0) is 27.5. The van der Waals surface area contributed by atoms with Crippen LogP contribution >= 0.6 is 23.2 Å². The molecule has 2 rings (SSSR count). The summed E-state index contributed by atoms with van der Waals surface area (Å²) in [7, 11) is -4.04. The van der Waals surface area contributed by atoms with Crippen LogP contribution in [0.4, 0.5) is 4.79 Å². The Morgan fingerprint density at radius 1 is 1.06 bits per heavy atom. The molecule has 0 spiro atoms. The third-order valence-corrected chi connectivity index (χ3v) is 8.32. The van der Waals surface area contributed by atoms with Gasteiger partial charge in [-0.1, -0.05) is 57.8 Å². The summed E-state index contributed by atoms with van der Waals surface area (Å²) >= 11 is 11.8. The summed E-state index contributed by atoms with van der Waals surface area (Å²) in [5.41, 5.74) is -2.05. The van der Waals surface area contributed by atoms with Gasteiger partial charge in [-0.25, -0.2) is 17.9 Å². The van der Waals surface area contributed by atoms with Gasteiger partial charge in [0.25, 0.3) is 0 Å². The normalized spacial score (nSPS) is 16.6. The Balaban J connectivity index is 2.08. The third-order valence-electron chi connectivity index (χ3n) is 6.20. The van der Waals surface area contributed by atoms with Gasteiger partial charge in [0.1, 0.15) is 10.4 Å². The molecule has 1 heterocycles. The molecule has 1 atom stereocenters. The lowest BCUT2D eigenvalue weighted by Crippen LogP contribution is -2.68. The highest BCUT2D eigenvalue weighted by Gasteiger charge is 2.52. The van der Waals surface area contributed by atoms with Gasteiger partial charge in [-0.15, -0.1) is 0 Å². The van der Waals surface area contributed by atoms with Crippen molar-refractivity contribution in [1.29, 1.82) is 0 Å². The molecule has 10 nitrogen and oxygen atoms in total. The topological polar surface area (TPSA) is 136 Å². The van der Waals surface area contributed by atoms with Gasteiger partial charge in [0.05, 0.1) is 11.6 Å². The second-order valence-electron chi connectivity index (χ2n) is 10.3. The molecule has 3 N–H and O–H groups in total. The van der Waals surface area contributed by atoms with Crippen molar-refractivity contribution >= 4 is 51.1 Å². The molecule has 0 aliphatic carbocycles. The molecule has 0 bridgehead atoms. The van der Waals surface area contributed by atoms with Crippen molar-refractivity contribution in [2.24, 2.45) is 11.3 Å². The number of halogens is 2. The van der Waals surface area contributed by atoms with Gasteiger partial charge in [0.15, 0.2) is 0 Å². The number of carbonyl (C=O) groups is 3. The summed E-state index contributed by atoms with van der Waals surface area (Å²) in [5.74, 6) is -0.745. The second-order valence-corrected chi connectivity index (χ2v) is 12.8. The Hall–Kier alpha value is -2.08. The smallest absolute Gasteiger partial charge is 0.405 e. The van der Waals surface area contributed by atoms with Crippen molar-refractivity contribution in [2.75, 3.05) is 32.7 Å². The molecule has 3 amide bonds. The highest BCUT2D eigenvalue weighted by molar-refractivity contribution is 7.89. The summed E-state index contributed by atoms with van der Waals surface area (Å²) < 4.78 is 27.4. The highest BCUT2D eigenvalue weighted by atomic mass is 35.5. The van der Waals surface area contributed by atoms with E-state index in [0.29, 0.717) is 6.42 Å². The number of rotatable bonds is 8. The standard InChI is InChI=1S/C23H34Cl2N4O6S/c1-15(2)13-23(22(3,4)5,27-21(32)33)20(31)29-10-8-28(9-11-29)19(30)14-26-36(34,35)18-7-6-16(24)12-17(18)25/h6-7,12,15,26-27H,8-11,13-14H2,1-5H3,(H,32,33)/t23-/m1/s1. The number of amides is 3. The molecule has 1 aromatic carbocycles. The van der Waals surface area contributed by atoms with Crippen molar-refractivity contribution in [1.82, 2.24) is 19.8 Å². The minimum Gasteiger partial charge on any atom is -0.465 e. The first-order chi connectivity index (χ1) is 16.5. The first-order valence-corrected chi connectivity index (χ1v) is 13.8. The van der Waals surface area contributed by atoms with E-state index in [1.807, 2.05) is 34.6 Å². The molecule has 202 valence electrons. The molecular formula is C23H34Cl2N4O6S. The number of hydrogen-bond acceptors (Lipinski definition) is 5. The predicted molar refractivity (Wildman–Crippen MR) is 138 cm³/mol. The maximum absolute atomic E-state index is 13.7. The van der Waals surface area contributed by atoms with Crippen LogP contribution < -0.4 is 10.0 Å². The first kappa shape index (κ1) is 30.1.